The van der Waals surface area contributed by atoms with E-state index in [0.29, 0.717) is 6.04 Å². The van der Waals surface area contributed by atoms with Crippen LogP contribution in [-0.4, -0.2) is 31.1 Å². The van der Waals surface area contributed by atoms with Crippen LogP contribution < -0.4 is 5.32 Å². The Morgan fingerprint density at radius 2 is 2.22 bits per heavy atom. The molecule has 1 N–H and O–H groups in total. The molecule has 1 fully saturated rings. The summed E-state index contributed by atoms with van der Waals surface area (Å²) in [6.45, 7) is 4.46. The third kappa shape index (κ3) is 3.80. The molecule has 0 radical (unpaired) electrons. The van der Waals surface area contributed by atoms with Gasteiger partial charge in [0.25, 0.3) is 0 Å². The number of rotatable bonds is 6. The van der Waals surface area contributed by atoms with Crippen LogP contribution in [0.3, 0.4) is 0 Å². The Bertz CT molecular complexity index is 360. The van der Waals surface area contributed by atoms with Crippen LogP contribution in [0, 0.1) is 0 Å². The van der Waals surface area contributed by atoms with Crippen LogP contribution in [-0.2, 0) is 0 Å². The molecule has 0 bridgehead atoms. The summed E-state index contributed by atoms with van der Waals surface area (Å²) in [6.07, 6.45) is 5.62. The van der Waals surface area contributed by atoms with Gasteiger partial charge in [-0.15, -0.1) is 11.3 Å². The van der Waals surface area contributed by atoms with Crippen molar-refractivity contribution in [2.45, 2.75) is 44.7 Å². The molecular formula is C14H23BrN2S. The van der Waals surface area contributed by atoms with E-state index in [9.17, 15) is 0 Å². The van der Waals surface area contributed by atoms with Gasteiger partial charge in [0, 0.05) is 34.5 Å². The van der Waals surface area contributed by atoms with Gasteiger partial charge in [-0.3, -0.25) is 0 Å². The highest BCUT2D eigenvalue weighted by atomic mass is 79.9. The molecule has 2 nitrogen and oxygen atoms in total. The fraction of sp³-hybridized carbons (Fsp3) is 0.714. The van der Waals surface area contributed by atoms with Gasteiger partial charge >= 0.3 is 0 Å². The first-order valence-electron chi connectivity index (χ1n) is 6.85. The summed E-state index contributed by atoms with van der Waals surface area (Å²) in [5.41, 5.74) is 0. The van der Waals surface area contributed by atoms with Gasteiger partial charge in [-0.05, 0) is 54.2 Å². The number of nitrogens with zero attached hydrogens (tertiary/aromatic N) is 1. The van der Waals surface area contributed by atoms with Crippen molar-refractivity contribution in [1.29, 1.82) is 0 Å². The summed E-state index contributed by atoms with van der Waals surface area (Å²) in [6, 6.07) is 3.40. The second kappa shape index (κ2) is 7.04. The van der Waals surface area contributed by atoms with Crippen LogP contribution >= 0.6 is 27.3 Å². The lowest BCUT2D eigenvalue weighted by atomic mass is 10.2. The third-order valence-corrected chi connectivity index (χ3v) is 5.95. The van der Waals surface area contributed by atoms with Gasteiger partial charge in [0.05, 0.1) is 0 Å². The molecule has 102 valence electrons. The zero-order chi connectivity index (χ0) is 13.0. The third-order valence-electron chi connectivity index (χ3n) is 3.90. The molecule has 1 heterocycles. The zero-order valence-corrected chi connectivity index (χ0v) is 13.7. The number of likely N-dealkylation sites (N-methyl/N-ethyl adjacent to an activating group) is 1. The van der Waals surface area contributed by atoms with Gasteiger partial charge in [-0.2, -0.15) is 0 Å². The van der Waals surface area contributed by atoms with E-state index < -0.39 is 0 Å². The number of halogens is 1. The molecule has 0 aliphatic heterocycles. The molecule has 2 rings (SSSR count). The van der Waals surface area contributed by atoms with E-state index in [1.807, 2.05) is 11.3 Å². The van der Waals surface area contributed by atoms with E-state index in [-0.39, 0.29) is 0 Å². The van der Waals surface area contributed by atoms with Crippen LogP contribution in [0.15, 0.2) is 15.9 Å². The fourth-order valence-corrected chi connectivity index (χ4v) is 4.44. The van der Waals surface area contributed by atoms with Crippen molar-refractivity contribution in [3.05, 3.63) is 20.8 Å². The normalized spacial score (nSPS) is 18.7. The first kappa shape index (κ1) is 14.5. The average Bonchev–Trinajstić information content (AvgIpc) is 2.99. The van der Waals surface area contributed by atoms with Crippen LogP contribution in [0.25, 0.3) is 0 Å². The van der Waals surface area contributed by atoms with Crippen LogP contribution in [0.4, 0.5) is 0 Å². The highest BCUT2D eigenvalue weighted by Gasteiger charge is 2.19. The van der Waals surface area contributed by atoms with Gasteiger partial charge in [0.1, 0.15) is 0 Å². The lowest BCUT2D eigenvalue weighted by molar-refractivity contribution is 0.243. The Morgan fingerprint density at radius 1 is 1.50 bits per heavy atom. The maximum absolute atomic E-state index is 3.62. The second-order valence-corrected chi connectivity index (χ2v) is 7.03. The van der Waals surface area contributed by atoms with E-state index in [4.69, 9.17) is 0 Å². The maximum atomic E-state index is 3.62. The van der Waals surface area contributed by atoms with E-state index in [0.717, 1.165) is 19.1 Å². The molecule has 1 unspecified atom stereocenters. The average molecular weight is 331 g/mol. The number of hydrogen-bond acceptors (Lipinski definition) is 3. The molecule has 0 amide bonds. The topological polar surface area (TPSA) is 15.3 Å². The minimum Gasteiger partial charge on any atom is -0.308 e. The quantitative estimate of drug-likeness (QED) is 0.846. The molecule has 1 saturated carbocycles. The summed E-state index contributed by atoms with van der Waals surface area (Å²) in [5, 5.41) is 5.76. The summed E-state index contributed by atoms with van der Waals surface area (Å²) in [4.78, 5) is 3.93. The van der Waals surface area contributed by atoms with E-state index in [2.05, 4.69) is 51.6 Å². The van der Waals surface area contributed by atoms with Crippen molar-refractivity contribution in [2.75, 3.05) is 20.1 Å². The summed E-state index contributed by atoms with van der Waals surface area (Å²) >= 11 is 5.42. The summed E-state index contributed by atoms with van der Waals surface area (Å²) in [5.74, 6) is 0. The van der Waals surface area contributed by atoms with Gasteiger partial charge in [0.15, 0.2) is 0 Å². The van der Waals surface area contributed by atoms with Gasteiger partial charge < -0.3 is 10.2 Å². The summed E-state index contributed by atoms with van der Waals surface area (Å²) in [7, 11) is 2.27. The van der Waals surface area contributed by atoms with E-state index >= 15 is 0 Å². The first-order valence-corrected chi connectivity index (χ1v) is 8.52. The lowest BCUT2D eigenvalue weighted by Crippen LogP contribution is -2.36. The van der Waals surface area contributed by atoms with Crippen molar-refractivity contribution in [2.24, 2.45) is 0 Å². The van der Waals surface area contributed by atoms with Crippen molar-refractivity contribution in [1.82, 2.24) is 10.2 Å². The first-order chi connectivity index (χ1) is 8.68. The molecule has 1 aliphatic rings. The molecule has 18 heavy (non-hydrogen) atoms. The van der Waals surface area contributed by atoms with Crippen molar-refractivity contribution in [3.8, 4) is 0 Å². The highest BCUT2D eigenvalue weighted by molar-refractivity contribution is 9.10. The highest BCUT2D eigenvalue weighted by Crippen LogP contribution is 2.28. The molecule has 1 atom stereocenters. The molecular weight excluding hydrogens is 308 g/mol. The number of hydrogen-bond donors (Lipinski definition) is 1. The number of thiophene rings is 1. The van der Waals surface area contributed by atoms with Gasteiger partial charge in [-0.25, -0.2) is 0 Å². The SMILES string of the molecule is CC(NCCN(C)C1CCCC1)c1sccc1Br. The second-order valence-electron chi connectivity index (χ2n) is 5.23. The number of nitrogens with one attached hydrogen (secondary N) is 1. The molecule has 1 aromatic rings. The minimum atomic E-state index is 0.441. The van der Waals surface area contributed by atoms with E-state index in [1.54, 1.807) is 0 Å². The maximum Gasteiger partial charge on any atom is 0.0397 e. The van der Waals surface area contributed by atoms with Crippen LogP contribution in [0.1, 0.15) is 43.5 Å². The largest absolute Gasteiger partial charge is 0.308 e. The van der Waals surface area contributed by atoms with Crippen molar-refractivity contribution in [3.63, 3.8) is 0 Å². The Balaban J connectivity index is 1.70. The predicted octanol–water partition coefficient (Wildman–Crippen LogP) is 4.04. The van der Waals surface area contributed by atoms with Crippen LogP contribution in [0.2, 0.25) is 0 Å². The Morgan fingerprint density at radius 3 is 2.83 bits per heavy atom. The van der Waals surface area contributed by atoms with Crippen LogP contribution in [0.5, 0.6) is 0 Å². The molecule has 0 saturated heterocycles. The van der Waals surface area contributed by atoms with Crippen molar-refractivity contribution >= 4 is 27.3 Å². The van der Waals surface area contributed by atoms with Gasteiger partial charge in [0.2, 0.25) is 0 Å². The zero-order valence-electron chi connectivity index (χ0n) is 11.3. The summed E-state index contributed by atoms with van der Waals surface area (Å²) < 4.78 is 1.23. The Labute approximate surface area is 123 Å². The molecule has 1 aliphatic carbocycles. The van der Waals surface area contributed by atoms with Gasteiger partial charge in [-0.1, -0.05) is 12.8 Å². The lowest BCUT2D eigenvalue weighted by Gasteiger charge is -2.25. The molecule has 1 aromatic heterocycles. The monoisotopic (exact) mass is 330 g/mol. The predicted molar refractivity (Wildman–Crippen MR) is 83.3 cm³/mol. The standard InChI is InChI=1S/C14H23BrN2S/c1-11(14-13(15)7-10-18-14)16-8-9-17(2)12-5-3-4-6-12/h7,10-12,16H,3-6,8-9H2,1-2H3. The Hall–Kier alpha value is 0.100. The molecule has 0 spiro atoms. The minimum absolute atomic E-state index is 0.441. The Kier molecular flexibility index (Phi) is 5.67. The van der Waals surface area contributed by atoms with Crippen molar-refractivity contribution < 1.29 is 0 Å². The van der Waals surface area contributed by atoms with E-state index in [1.165, 1.54) is 35.0 Å². The smallest absolute Gasteiger partial charge is 0.0397 e. The molecule has 0 aromatic carbocycles. The molecule has 4 heteroatoms. The fourth-order valence-electron chi connectivity index (χ4n) is 2.69.